The van der Waals surface area contributed by atoms with E-state index in [4.69, 9.17) is 4.74 Å². The predicted octanol–water partition coefficient (Wildman–Crippen LogP) is 2.66. The number of benzene rings is 1. The van der Waals surface area contributed by atoms with Crippen LogP contribution in [-0.4, -0.2) is 40.7 Å². The highest BCUT2D eigenvalue weighted by atomic mass is 79.9. The van der Waals surface area contributed by atoms with Crippen LogP contribution in [0, 0.1) is 6.92 Å². The van der Waals surface area contributed by atoms with Crippen molar-refractivity contribution in [2.75, 3.05) is 6.54 Å². The van der Waals surface area contributed by atoms with Gasteiger partial charge in [-0.15, -0.1) is 0 Å². The van der Waals surface area contributed by atoms with Crippen LogP contribution in [0.1, 0.15) is 24.1 Å². The van der Waals surface area contributed by atoms with E-state index >= 15 is 0 Å². The fourth-order valence-corrected chi connectivity index (χ4v) is 5.53. The fraction of sp³-hybridized carbons (Fsp3) is 0.286. The molecule has 1 saturated heterocycles. The maximum Gasteiger partial charge on any atom is 0.324 e. The van der Waals surface area contributed by atoms with Gasteiger partial charge in [0.1, 0.15) is 18.3 Å². The number of esters is 1. The first-order valence-electron chi connectivity index (χ1n) is 9.69. The summed E-state index contributed by atoms with van der Waals surface area (Å²) in [7, 11) is -3.81. The smallest absolute Gasteiger partial charge is 0.324 e. The molecule has 1 fully saturated rings. The van der Waals surface area contributed by atoms with Crippen molar-refractivity contribution < 1.29 is 17.9 Å². The summed E-state index contributed by atoms with van der Waals surface area (Å²) in [6.07, 6.45) is 2.55. The number of fused-ring (bicyclic) bond motifs is 1. The third-order valence-electron chi connectivity index (χ3n) is 5.14. The van der Waals surface area contributed by atoms with Crippen molar-refractivity contribution in [1.29, 1.82) is 0 Å². The van der Waals surface area contributed by atoms with E-state index in [9.17, 15) is 18.0 Å². The Labute approximate surface area is 187 Å². The first kappa shape index (κ1) is 21.7. The van der Waals surface area contributed by atoms with Gasteiger partial charge in [-0.25, -0.2) is 13.4 Å². The zero-order chi connectivity index (χ0) is 22.2. The zero-order valence-electron chi connectivity index (χ0n) is 16.7. The second-order valence-corrected chi connectivity index (χ2v) is 10.2. The van der Waals surface area contributed by atoms with Gasteiger partial charge in [0.25, 0.3) is 5.56 Å². The second-order valence-electron chi connectivity index (χ2n) is 7.36. The van der Waals surface area contributed by atoms with E-state index in [1.165, 1.54) is 26.9 Å². The zero-order valence-corrected chi connectivity index (χ0v) is 19.1. The van der Waals surface area contributed by atoms with Gasteiger partial charge in [-0.2, -0.15) is 4.31 Å². The third kappa shape index (κ3) is 4.41. The van der Waals surface area contributed by atoms with E-state index in [2.05, 4.69) is 20.9 Å². The summed E-state index contributed by atoms with van der Waals surface area (Å²) < 4.78 is 34.7. The van der Waals surface area contributed by atoms with Gasteiger partial charge < -0.3 is 4.74 Å². The molecule has 3 heterocycles. The van der Waals surface area contributed by atoms with Crippen molar-refractivity contribution in [2.45, 2.75) is 37.3 Å². The van der Waals surface area contributed by atoms with Crippen molar-refractivity contribution in [3.63, 3.8) is 0 Å². The molecule has 8 nitrogen and oxygen atoms in total. The molecule has 0 unspecified atom stereocenters. The Bertz CT molecular complexity index is 1300. The summed E-state index contributed by atoms with van der Waals surface area (Å²) in [5.41, 5.74) is 1.36. The maximum absolute atomic E-state index is 13.0. The van der Waals surface area contributed by atoms with Gasteiger partial charge in [0.2, 0.25) is 10.0 Å². The number of hydrogen-bond acceptors (Lipinski definition) is 6. The Hall–Kier alpha value is -2.56. The molecule has 1 atom stereocenters. The van der Waals surface area contributed by atoms with Crippen LogP contribution in [0.4, 0.5) is 0 Å². The minimum absolute atomic E-state index is 0.146. The quantitative estimate of drug-likeness (QED) is 0.494. The first-order chi connectivity index (χ1) is 14.8. The summed E-state index contributed by atoms with van der Waals surface area (Å²) in [5.74, 6) is -0.647. The topological polar surface area (TPSA) is 98.0 Å². The average Bonchev–Trinajstić information content (AvgIpc) is 3.24. The molecule has 0 radical (unpaired) electrons. The molecule has 1 aliphatic rings. The number of ether oxygens (including phenoxy) is 1. The highest BCUT2D eigenvalue weighted by molar-refractivity contribution is 9.10. The van der Waals surface area contributed by atoms with Crippen LogP contribution < -0.4 is 5.56 Å². The molecule has 31 heavy (non-hydrogen) atoms. The summed E-state index contributed by atoms with van der Waals surface area (Å²) in [6, 6.07) is 10.3. The Kier molecular flexibility index (Phi) is 5.96. The number of carbonyl (C=O) groups is 1. The third-order valence-corrected chi connectivity index (χ3v) is 7.53. The molecule has 1 aromatic carbocycles. The molecule has 0 aliphatic carbocycles. The Morgan fingerprint density at radius 2 is 1.97 bits per heavy atom. The number of aromatic nitrogens is 2. The molecule has 3 aromatic rings. The largest absolute Gasteiger partial charge is 0.458 e. The van der Waals surface area contributed by atoms with E-state index in [1.807, 2.05) is 6.92 Å². The lowest BCUT2D eigenvalue weighted by Crippen LogP contribution is -2.41. The summed E-state index contributed by atoms with van der Waals surface area (Å²) >= 11 is 3.30. The lowest BCUT2D eigenvalue weighted by molar-refractivity contribution is -0.148. The van der Waals surface area contributed by atoms with E-state index < -0.39 is 22.0 Å². The Morgan fingerprint density at radius 3 is 2.71 bits per heavy atom. The van der Waals surface area contributed by atoms with Crippen LogP contribution in [-0.2, 0) is 26.2 Å². The van der Waals surface area contributed by atoms with Gasteiger partial charge >= 0.3 is 5.97 Å². The summed E-state index contributed by atoms with van der Waals surface area (Å²) in [5, 5.41) is 0. The van der Waals surface area contributed by atoms with Gasteiger partial charge in [-0.1, -0.05) is 17.7 Å². The SMILES string of the molecule is Cc1ccc(S(=O)(=O)N2CCC[C@H]2C(=O)OCc2cc(=O)n3cc(Br)ccc3n2)cc1. The number of halogens is 1. The Balaban J connectivity index is 1.50. The summed E-state index contributed by atoms with van der Waals surface area (Å²) in [6.45, 7) is 1.91. The molecule has 10 heteroatoms. The lowest BCUT2D eigenvalue weighted by atomic mass is 10.2. The van der Waals surface area contributed by atoms with E-state index in [1.54, 1.807) is 30.5 Å². The molecule has 0 saturated carbocycles. The standard InChI is InChI=1S/C21H20BrN3O5S/c1-14-4-7-17(8-5-14)31(28,29)25-10-2-3-18(25)21(27)30-13-16-11-20(26)24-12-15(22)6-9-19(24)23-16/h4-9,11-12,18H,2-3,10,13H2,1H3/t18-/m0/s1. The minimum atomic E-state index is -3.81. The number of carbonyl (C=O) groups excluding carboxylic acids is 1. The number of nitrogens with zero attached hydrogens (tertiary/aromatic N) is 3. The highest BCUT2D eigenvalue weighted by Gasteiger charge is 2.40. The van der Waals surface area contributed by atoms with Gasteiger partial charge in [-0.05, 0) is 60.0 Å². The number of pyridine rings is 1. The van der Waals surface area contributed by atoms with E-state index in [-0.39, 0.29) is 23.6 Å². The number of sulfonamides is 1. The summed E-state index contributed by atoms with van der Waals surface area (Å²) in [4.78, 5) is 29.5. The number of aryl methyl sites for hydroxylation is 1. The van der Waals surface area contributed by atoms with Crippen molar-refractivity contribution in [1.82, 2.24) is 13.7 Å². The molecular formula is C21H20BrN3O5S. The van der Waals surface area contributed by atoms with Gasteiger partial charge in [0.15, 0.2) is 0 Å². The van der Waals surface area contributed by atoms with Crippen molar-refractivity contribution in [2.24, 2.45) is 0 Å². The molecule has 162 valence electrons. The number of hydrogen-bond donors (Lipinski definition) is 0. The molecule has 0 spiro atoms. The maximum atomic E-state index is 13.0. The van der Waals surface area contributed by atoms with Gasteiger partial charge in [0, 0.05) is 23.3 Å². The first-order valence-corrected chi connectivity index (χ1v) is 11.9. The van der Waals surface area contributed by atoms with Crippen molar-refractivity contribution in [3.05, 3.63) is 74.7 Å². The number of rotatable bonds is 5. The van der Waals surface area contributed by atoms with Gasteiger partial charge in [-0.3, -0.25) is 14.0 Å². The van der Waals surface area contributed by atoms with Crippen molar-refractivity contribution in [3.8, 4) is 0 Å². The lowest BCUT2D eigenvalue weighted by Gasteiger charge is -2.22. The van der Waals surface area contributed by atoms with Crippen LogP contribution >= 0.6 is 15.9 Å². The predicted molar refractivity (Wildman–Crippen MR) is 117 cm³/mol. The molecule has 0 amide bonds. The monoisotopic (exact) mass is 505 g/mol. The van der Waals surface area contributed by atoms with Crippen LogP contribution in [0.15, 0.2) is 62.8 Å². The molecule has 0 bridgehead atoms. The molecule has 4 rings (SSSR count). The molecular weight excluding hydrogens is 486 g/mol. The van der Waals surface area contributed by atoms with E-state index in [0.717, 1.165) is 10.0 Å². The normalized spacial score (nSPS) is 17.2. The highest BCUT2D eigenvalue weighted by Crippen LogP contribution is 2.27. The Morgan fingerprint density at radius 1 is 1.23 bits per heavy atom. The van der Waals surface area contributed by atoms with Crippen molar-refractivity contribution >= 4 is 37.6 Å². The van der Waals surface area contributed by atoms with Crippen LogP contribution in [0.3, 0.4) is 0 Å². The molecule has 0 N–H and O–H groups in total. The molecule has 2 aromatic heterocycles. The van der Waals surface area contributed by atoms with Crippen LogP contribution in [0.2, 0.25) is 0 Å². The average molecular weight is 506 g/mol. The second kappa shape index (κ2) is 8.52. The van der Waals surface area contributed by atoms with E-state index in [0.29, 0.717) is 24.2 Å². The van der Waals surface area contributed by atoms with Gasteiger partial charge in [0.05, 0.1) is 10.6 Å². The van der Waals surface area contributed by atoms with Crippen LogP contribution in [0.25, 0.3) is 5.65 Å². The fourth-order valence-electron chi connectivity index (χ4n) is 3.55. The van der Waals surface area contributed by atoms with Crippen LogP contribution in [0.5, 0.6) is 0 Å². The minimum Gasteiger partial charge on any atom is -0.458 e. The molecule has 1 aliphatic heterocycles.